The molecule has 0 spiro atoms. The Morgan fingerprint density at radius 1 is 0.767 bits per heavy atom. The summed E-state index contributed by atoms with van der Waals surface area (Å²) in [6, 6.07) is 22.5. The molecule has 0 aliphatic rings. The van der Waals surface area contributed by atoms with Gasteiger partial charge in [0.25, 0.3) is 5.91 Å². The number of benzene rings is 3. The van der Waals surface area contributed by atoms with E-state index in [2.05, 4.69) is 29.7 Å². The first-order valence-corrected chi connectivity index (χ1v) is 10.0. The van der Waals surface area contributed by atoms with Gasteiger partial charge in [-0.05, 0) is 66.1 Å². The number of aryl methyl sites for hydroxylation is 1. The highest BCUT2D eigenvalue weighted by molar-refractivity contribution is 6.04. The average Bonchev–Trinajstić information content (AvgIpc) is 2.75. The van der Waals surface area contributed by atoms with E-state index in [1.807, 2.05) is 24.3 Å². The zero-order chi connectivity index (χ0) is 21.3. The Labute approximate surface area is 177 Å². The summed E-state index contributed by atoms with van der Waals surface area (Å²) in [5, 5.41) is 5.54. The topological polar surface area (TPSA) is 67.4 Å². The average molecular weight is 402 g/mol. The third kappa shape index (κ3) is 6.21. The molecule has 3 aromatic rings. The van der Waals surface area contributed by atoms with Gasteiger partial charge < -0.3 is 15.4 Å². The van der Waals surface area contributed by atoms with Crippen molar-refractivity contribution in [1.29, 1.82) is 0 Å². The number of nitrogens with one attached hydrogen (secondary N) is 2. The molecule has 3 rings (SSSR count). The summed E-state index contributed by atoms with van der Waals surface area (Å²) in [5.74, 6) is 0.505. The summed E-state index contributed by atoms with van der Waals surface area (Å²) in [7, 11) is 0. The lowest BCUT2D eigenvalue weighted by molar-refractivity contribution is -0.114. The second kappa shape index (κ2) is 10.3. The zero-order valence-corrected chi connectivity index (χ0v) is 17.3. The van der Waals surface area contributed by atoms with E-state index in [4.69, 9.17) is 4.74 Å². The van der Waals surface area contributed by atoms with Gasteiger partial charge in [0.1, 0.15) is 12.4 Å². The molecule has 0 atom stereocenters. The molecule has 2 N–H and O–H groups in total. The van der Waals surface area contributed by atoms with Crippen LogP contribution in [0.15, 0.2) is 72.8 Å². The van der Waals surface area contributed by atoms with Crippen LogP contribution in [0.3, 0.4) is 0 Å². The van der Waals surface area contributed by atoms with Gasteiger partial charge in [-0.25, -0.2) is 0 Å². The quantitative estimate of drug-likeness (QED) is 0.528. The Morgan fingerprint density at radius 2 is 1.33 bits per heavy atom. The smallest absolute Gasteiger partial charge is 0.255 e. The molecule has 5 heteroatoms. The standard InChI is InChI=1S/C25H26N2O3/c1-3-4-19-7-15-24(16-8-19)30-17-20-5-9-21(10-6-20)25(29)27-23-13-11-22(12-14-23)26-18(2)28/h5-16H,3-4,17H2,1-2H3,(H,26,28)(H,27,29). The minimum absolute atomic E-state index is 0.135. The number of anilines is 2. The first kappa shape index (κ1) is 21.1. The van der Waals surface area contributed by atoms with Crippen LogP contribution in [0.5, 0.6) is 5.75 Å². The number of ether oxygens (including phenoxy) is 1. The molecule has 0 aliphatic heterocycles. The number of hydrogen-bond acceptors (Lipinski definition) is 3. The molecule has 5 nitrogen and oxygen atoms in total. The summed E-state index contributed by atoms with van der Waals surface area (Å²) >= 11 is 0. The molecule has 0 aromatic heterocycles. The summed E-state index contributed by atoms with van der Waals surface area (Å²) in [6.07, 6.45) is 2.20. The fourth-order valence-corrected chi connectivity index (χ4v) is 3.00. The van der Waals surface area contributed by atoms with E-state index in [0.717, 1.165) is 24.2 Å². The molecule has 30 heavy (non-hydrogen) atoms. The summed E-state index contributed by atoms with van der Waals surface area (Å²) in [6.45, 7) is 4.06. The molecule has 0 saturated heterocycles. The monoisotopic (exact) mass is 402 g/mol. The first-order valence-electron chi connectivity index (χ1n) is 10.0. The second-order valence-electron chi connectivity index (χ2n) is 7.09. The molecule has 0 bridgehead atoms. The fraction of sp³-hybridized carbons (Fsp3) is 0.200. The summed E-state index contributed by atoms with van der Waals surface area (Å²) in [4.78, 5) is 23.5. The molecule has 0 aliphatic carbocycles. The number of carbonyl (C=O) groups is 2. The summed E-state index contributed by atoms with van der Waals surface area (Å²) < 4.78 is 5.83. The molecule has 3 aromatic carbocycles. The van der Waals surface area contributed by atoms with Crippen molar-refractivity contribution >= 4 is 23.2 Å². The van der Waals surface area contributed by atoms with Gasteiger partial charge in [0.15, 0.2) is 0 Å². The predicted octanol–water partition coefficient (Wildman–Crippen LogP) is 5.43. The van der Waals surface area contributed by atoms with Crippen molar-refractivity contribution in [3.63, 3.8) is 0 Å². The van der Waals surface area contributed by atoms with Crippen LogP contribution in [0.4, 0.5) is 11.4 Å². The Morgan fingerprint density at radius 3 is 1.90 bits per heavy atom. The van der Waals surface area contributed by atoms with Crippen molar-refractivity contribution in [3.8, 4) is 5.75 Å². The van der Waals surface area contributed by atoms with E-state index < -0.39 is 0 Å². The number of carbonyl (C=O) groups excluding carboxylic acids is 2. The molecule has 154 valence electrons. The molecule has 0 fully saturated rings. The van der Waals surface area contributed by atoms with Gasteiger partial charge in [0, 0.05) is 23.9 Å². The SMILES string of the molecule is CCCc1ccc(OCc2ccc(C(=O)Nc3ccc(NC(C)=O)cc3)cc2)cc1. The van der Waals surface area contributed by atoms with Gasteiger partial charge in [-0.15, -0.1) is 0 Å². The van der Waals surface area contributed by atoms with Crippen LogP contribution in [0.2, 0.25) is 0 Å². The minimum Gasteiger partial charge on any atom is -0.489 e. The maximum Gasteiger partial charge on any atom is 0.255 e. The van der Waals surface area contributed by atoms with Crippen LogP contribution < -0.4 is 15.4 Å². The molecular formula is C25H26N2O3. The molecular weight excluding hydrogens is 376 g/mol. The van der Waals surface area contributed by atoms with Gasteiger partial charge in [-0.3, -0.25) is 9.59 Å². The van der Waals surface area contributed by atoms with E-state index in [0.29, 0.717) is 23.5 Å². The van der Waals surface area contributed by atoms with Gasteiger partial charge in [-0.2, -0.15) is 0 Å². The maximum atomic E-state index is 12.4. The number of amides is 2. The van der Waals surface area contributed by atoms with Crippen LogP contribution in [-0.4, -0.2) is 11.8 Å². The van der Waals surface area contributed by atoms with E-state index in [1.165, 1.54) is 12.5 Å². The van der Waals surface area contributed by atoms with Gasteiger partial charge in [0.2, 0.25) is 5.91 Å². The van der Waals surface area contributed by atoms with Crippen LogP contribution in [-0.2, 0) is 17.8 Å². The lowest BCUT2D eigenvalue weighted by Gasteiger charge is -2.09. The highest BCUT2D eigenvalue weighted by Crippen LogP contribution is 2.17. The Hall–Kier alpha value is -3.60. The largest absolute Gasteiger partial charge is 0.489 e. The van der Waals surface area contributed by atoms with Crippen molar-refractivity contribution in [1.82, 2.24) is 0 Å². The molecule has 2 amide bonds. The van der Waals surface area contributed by atoms with Crippen molar-refractivity contribution in [2.24, 2.45) is 0 Å². The predicted molar refractivity (Wildman–Crippen MR) is 120 cm³/mol. The van der Waals surface area contributed by atoms with Crippen molar-refractivity contribution in [2.45, 2.75) is 33.3 Å². The highest BCUT2D eigenvalue weighted by atomic mass is 16.5. The van der Waals surface area contributed by atoms with E-state index in [-0.39, 0.29) is 11.8 Å². The van der Waals surface area contributed by atoms with E-state index >= 15 is 0 Å². The lowest BCUT2D eigenvalue weighted by Crippen LogP contribution is -2.12. The number of rotatable bonds is 8. The normalized spacial score (nSPS) is 10.3. The van der Waals surface area contributed by atoms with E-state index in [9.17, 15) is 9.59 Å². The van der Waals surface area contributed by atoms with Crippen molar-refractivity contribution in [2.75, 3.05) is 10.6 Å². The number of hydrogen-bond donors (Lipinski definition) is 2. The van der Waals surface area contributed by atoms with E-state index in [1.54, 1.807) is 36.4 Å². The Kier molecular flexibility index (Phi) is 7.22. The molecule has 0 saturated carbocycles. The minimum atomic E-state index is -0.193. The van der Waals surface area contributed by atoms with Crippen molar-refractivity contribution in [3.05, 3.63) is 89.5 Å². The van der Waals surface area contributed by atoms with Gasteiger partial charge >= 0.3 is 0 Å². The maximum absolute atomic E-state index is 12.4. The molecule has 0 unspecified atom stereocenters. The van der Waals surface area contributed by atoms with Crippen LogP contribution in [0, 0.1) is 0 Å². The highest BCUT2D eigenvalue weighted by Gasteiger charge is 2.07. The molecule has 0 heterocycles. The third-order valence-corrected chi connectivity index (χ3v) is 4.55. The zero-order valence-electron chi connectivity index (χ0n) is 17.3. The second-order valence-corrected chi connectivity index (χ2v) is 7.09. The lowest BCUT2D eigenvalue weighted by atomic mass is 10.1. The molecule has 0 radical (unpaired) electrons. The van der Waals surface area contributed by atoms with Crippen LogP contribution >= 0.6 is 0 Å². The first-order chi connectivity index (χ1) is 14.5. The summed E-state index contributed by atoms with van der Waals surface area (Å²) in [5.41, 5.74) is 4.21. The van der Waals surface area contributed by atoms with Crippen LogP contribution in [0.1, 0.15) is 41.8 Å². The third-order valence-electron chi connectivity index (χ3n) is 4.55. The van der Waals surface area contributed by atoms with Crippen molar-refractivity contribution < 1.29 is 14.3 Å². The van der Waals surface area contributed by atoms with Gasteiger partial charge in [0.05, 0.1) is 0 Å². The Bertz CT molecular complexity index is 978. The van der Waals surface area contributed by atoms with Gasteiger partial charge in [-0.1, -0.05) is 37.6 Å². The fourth-order valence-electron chi connectivity index (χ4n) is 3.00. The Balaban J connectivity index is 1.53. The van der Waals surface area contributed by atoms with Crippen LogP contribution in [0.25, 0.3) is 0 Å².